The Morgan fingerprint density at radius 2 is 1.77 bits per heavy atom. The third-order valence-corrected chi connectivity index (χ3v) is 3.93. The van der Waals surface area contributed by atoms with E-state index in [0.717, 1.165) is 48.6 Å². The van der Waals surface area contributed by atoms with Crippen molar-refractivity contribution in [2.24, 2.45) is 0 Å². The van der Waals surface area contributed by atoms with E-state index in [1.54, 1.807) is 6.33 Å². The lowest BCUT2D eigenvalue weighted by Gasteiger charge is -2.15. The number of hydrogen-bond donors (Lipinski definition) is 0. The molecule has 0 aliphatic carbocycles. The fraction of sp³-hybridized carbons (Fsp3) is 0.353. The molecule has 2 heterocycles. The zero-order chi connectivity index (χ0) is 15.5. The first-order chi connectivity index (χ1) is 10.6. The second-order valence-corrected chi connectivity index (χ2v) is 5.73. The second-order valence-electron chi connectivity index (χ2n) is 5.73. The number of benzene rings is 1. The standard InChI is InChI=1S/C17H20N4O/c1-20(2)16-11-15(18-12-19-16)13-5-7-14(8-6-13)17(22)21-9-3-4-10-21/h5-8,11-12H,3-4,9-10H2,1-2H3. The van der Waals surface area contributed by atoms with Gasteiger partial charge in [-0.25, -0.2) is 9.97 Å². The first-order valence-corrected chi connectivity index (χ1v) is 7.54. The zero-order valence-corrected chi connectivity index (χ0v) is 13.0. The first-order valence-electron chi connectivity index (χ1n) is 7.54. The molecule has 0 bridgehead atoms. The van der Waals surface area contributed by atoms with Crippen LogP contribution in [0, 0.1) is 0 Å². The van der Waals surface area contributed by atoms with Gasteiger partial charge in [0.15, 0.2) is 0 Å². The number of anilines is 1. The van der Waals surface area contributed by atoms with Crippen LogP contribution in [0.4, 0.5) is 5.82 Å². The summed E-state index contributed by atoms with van der Waals surface area (Å²) in [6, 6.07) is 9.61. The SMILES string of the molecule is CN(C)c1cc(-c2ccc(C(=O)N3CCCC3)cc2)ncn1. The van der Waals surface area contributed by atoms with Crippen LogP contribution in [-0.4, -0.2) is 48.0 Å². The number of aromatic nitrogens is 2. The van der Waals surface area contributed by atoms with Crippen LogP contribution in [0.2, 0.25) is 0 Å². The Morgan fingerprint density at radius 3 is 2.41 bits per heavy atom. The molecule has 1 amide bonds. The fourth-order valence-corrected chi connectivity index (χ4v) is 2.64. The highest BCUT2D eigenvalue weighted by molar-refractivity contribution is 5.94. The zero-order valence-electron chi connectivity index (χ0n) is 13.0. The van der Waals surface area contributed by atoms with Gasteiger partial charge < -0.3 is 9.80 Å². The monoisotopic (exact) mass is 296 g/mol. The number of nitrogens with zero attached hydrogens (tertiary/aromatic N) is 4. The minimum absolute atomic E-state index is 0.126. The average Bonchev–Trinajstić information content (AvgIpc) is 3.09. The van der Waals surface area contributed by atoms with Crippen molar-refractivity contribution in [2.75, 3.05) is 32.1 Å². The molecule has 0 N–H and O–H groups in total. The minimum atomic E-state index is 0.126. The molecule has 22 heavy (non-hydrogen) atoms. The molecule has 1 aromatic carbocycles. The van der Waals surface area contributed by atoms with E-state index in [9.17, 15) is 4.79 Å². The van der Waals surface area contributed by atoms with Gasteiger partial charge in [-0.1, -0.05) is 12.1 Å². The summed E-state index contributed by atoms with van der Waals surface area (Å²) in [5.41, 5.74) is 2.59. The third-order valence-electron chi connectivity index (χ3n) is 3.93. The maximum Gasteiger partial charge on any atom is 0.253 e. The first kappa shape index (κ1) is 14.5. The number of likely N-dealkylation sites (tertiary alicyclic amines) is 1. The third kappa shape index (κ3) is 2.93. The number of hydrogen-bond acceptors (Lipinski definition) is 4. The molecule has 5 heteroatoms. The number of amides is 1. The van der Waals surface area contributed by atoms with Crippen molar-refractivity contribution in [3.05, 3.63) is 42.2 Å². The molecular formula is C17H20N4O. The quantitative estimate of drug-likeness (QED) is 0.873. The van der Waals surface area contributed by atoms with Gasteiger partial charge in [0.1, 0.15) is 12.1 Å². The van der Waals surface area contributed by atoms with Crippen molar-refractivity contribution in [1.82, 2.24) is 14.9 Å². The Bertz CT molecular complexity index is 661. The maximum atomic E-state index is 12.3. The van der Waals surface area contributed by atoms with E-state index in [1.165, 1.54) is 0 Å². The van der Waals surface area contributed by atoms with Gasteiger partial charge in [0.05, 0.1) is 5.69 Å². The molecule has 1 fully saturated rings. The molecule has 1 aromatic heterocycles. The summed E-state index contributed by atoms with van der Waals surface area (Å²) in [5, 5.41) is 0. The number of carbonyl (C=O) groups is 1. The Labute approximate surface area is 130 Å². The van der Waals surface area contributed by atoms with Gasteiger partial charge >= 0.3 is 0 Å². The predicted octanol–water partition coefficient (Wildman–Crippen LogP) is 2.45. The summed E-state index contributed by atoms with van der Waals surface area (Å²) in [6.45, 7) is 1.75. The molecule has 0 saturated carbocycles. The van der Waals surface area contributed by atoms with Crippen molar-refractivity contribution < 1.29 is 4.79 Å². The highest BCUT2D eigenvalue weighted by Crippen LogP contribution is 2.21. The van der Waals surface area contributed by atoms with E-state index in [4.69, 9.17) is 0 Å². The van der Waals surface area contributed by atoms with Crippen molar-refractivity contribution in [3.63, 3.8) is 0 Å². The molecule has 0 unspecified atom stereocenters. The van der Waals surface area contributed by atoms with Crippen LogP contribution in [0.3, 0.4) is 0 Å². The highest BCUT2D eigenvalue weighted by atomic mass is 16.2. The summed E-state index contributed by atoms with van der Waals surface area (Å²) < 4.78 is 0. The fourth-order valence-electron chi connectivity index (χ4n) is 2.64. The van der Waals surface area contributed by atoms with Crippen molar-refractivity contribution in [3.8, 4) is 11.3 Å². The lowest BCUT2D eigenvalue weighted by atomic mass is 10.1. The van der Waals surface area contributed by atoms with Gasteiger partial charge in [0.25, 0.3) is 5.91 Å². The molecule has 0 spiro atoms. The number of carbonyl (C=O) groups excluding carboxylic acids is 1. The van der Waals surface area contributed by atoms with E-state index < -0.39 is 0 Å². The average molecular weight is 296 g/mol. The van der Waals surface area contributed by atoms with Crippen molar-refractivity contribution >= 4 is 11.7 Å². The molecule has 0 atom stereocenters. The molecule has 2 aromatic rings. The van der Waals surface area contributed by atoms with Gasteiger partial charge in [-0.15, -0.1) is 0 Å². The highest BCUT2D eigenvalue weighted by Gasteiger charge is 2.19. The van der Waals surface area contributed by atoms with Crippen molar-refractivity contribution in [1.29, 1.82) is 0 Å². The summed E-state index contributed by atoms with van der Waals surface area (Å²) in [7, 11) is 3.90. The van der Waals surface area contributed by atoms with E-state index in [0.29, 0.717) is 0 Å². The van der Waals surface area contributed by atoms with E-state index in [-0.39, 0.29) is 5.91 Å². The molecule has 0 radical (unpaired) electrons. The summed E-state index contributed by atoms with van der Waals surface area (Å²) >= 11 is 0. The van der Waals surface area contributed by atoms with Gasteiger partial charge in [-0.2, -0.15) is 0 Å². The summed E-state index contributed by atoms with van der Waals surface area (Å²) in [5.74, 6) is 0.989. The van der Waals surface area contributed by atoms with E-state index >= 15 is 0 Å². The van der Waals surface area contributed by atoms with Gasteiger partial charge in [-0.3, -0.25) is 4.79 Å². The molecule has 114 valence electrons. The molecule has 3 rings (SSSR count). The maximum absolute atomic E-state index is 12.3. The van der Waals surface area contributed by atoms with Crippen LogP contribution < -0.4 is 4.90 Å². The Hall–Kier alpha value is -2.43. The largest absolute Gasteiger partial charge is 0.363 e. The molecule has 1 aliphatic rings. The van der Waals surface area contributed by atoms with Crippen LogP contribution in [0.25, 0.3) is 11.3 Å². The lowest BCUT2D eigenvalue weighted by molar-refractivity contribution is 0.0793. The normalized spacial score (nSPS) is 14.2. The van der Waals surface area contributed by atoms with Crippen LogP contribution in [-0.2, 0) is 0 Å². The van der Waals surface area contributed by atoms with Gasteiger partial charge in [0, 0.05) is 44.4 Å². The Balaban J connectivity index is 1.82. The number of rotatable bonds is 3. The van der Waals surface area contributed by atoms with E-state index in [1.807, 2.05) is 54.2 Å². The lowest BCUT2D eigenvalue weighted by Crippen LogP contribution is -2.27. The smallest absolute Gasteiger partial charge is 0.253 e. The topological polar surface area (TPSA) is 49.3 Å². The molecular weight excluding hydrogens is 276 g/mol. The van der Waals surface area contributed by atoms with Gasteiger partial charge in [0.2, 0.25) is 0 Å². The predicted molar refractivity (Wildman–Crippen MR) is 86.9 cm³/mol. The summed E-state index contributed by atoms with van der Waals surface area (Å²) in [4.78, 5) is 24.7. The van der Waals surface area contributed by atoms with Crippen molar-refractivity contribution in [2.45, 2.75) is 12.8 Å². The van der Waals surface area contributed by atoms with Crippen LogP contribution in [0.15, 0.2) is 36.7 Å². The second kappa shape index (κ2) is 6.13. The van der Waals surface area contributed by atoms with Crippen LogP contribution in [0.5, 0.6) is 0 Å². The Kier molecular flexibility index (Phi) is 4.04. The minimum Gasteiger partial charge on any atom is -0.363 e. The van der Waals surface area contributed by atoms with E-state index in [2.05, 4.69) is 9.97 Å². The van der Waals surface area contributed by atoms with Crippen LogP contribution >= 0.6 is 0 Å². The van der Waals surface area contributed by atoms with Crippen LogP contribution in [0.1, 0.15) is 23.2 Å². The van der Waals surface area contributed by atoms with Gasteiger partial charge in [-0.05, 0) is 25.0 Å². The molecule has 1 aliphatic heterocycles. The summed E-state index contributed by atoms with van der Waals surface area (Å²) in [6.07, 6.45) is 3.78. The molecule has 1 saturated heterocycles. The molecule has 5 nitrogen and oxygen atoms in total. The Morgan fingerprint density at radius 1 is 1.09 bits per heavy atom.